The first-order valence-electron chi connectivity index (χ1n) is 11.1. The van der Waals surface area contributed by atoms with E-state index in [9.17, 15) is 13.2 Å². The van der Waals surface area contributed by atoms with E-state index in [4.69, 9.17) is 4.74 Å². The largest absolute Gasteiger partial charge is 0.497 e. The van der Waals surface area contributed by atoms with Crippen molar-refractivity contribution in [1.29, 1.82) is 0 Å². The molecule has 10 heteroatoms. The maximum Gasteiger partial charge on any atom is 0.252 e. The lowest BCUT2D eigenvalue weighted by atomic mass is 10.1. The molecule has 1 aliphatic rings. The number of nitrogens with zero attached hydrogens (tertiary/aromatic N) is 2. The number of sulfonamides is 1. The van der Waals surface area contributed by atoms with Crippen molar-refractivity contribution in [2.75, 3.05) is 20.2 Å². The van der Waals surface area contributed by atoms with Crippen LogP contribution >= 0.6 is 11.3 Å². The zero-order chi connectivity index (χ0) is 24.0. The van der Waals surface area contributed by atoms with Gasteiger partial charge in [0, 0.05) is 48.5 Å². The third-order valence-corrected chi connectivity index (χ3v) is 9.24. The molecule has 0 bridgehead atoms. The SMILES string of the molecule is COc1cccc(C(=O)NCc2ccc(S(=O)(=O)N3CCC(NCc4ccncc4)CC3)s2)c1. The van der Waals surface area contributed by atoms with Gasteiger partial charge in [0.05, 0.1) is 13.7 Å². The molecular formula is C24H28N4O4S2. The smallest absolute Gasteiger partial charge is 0.252 e. The van der Waals surface area contributed by atoms with Crippen LogP contribution in [0.4, 0.5) is 0 Å². The van der Waals surface area contributed by atoms with E-state index >= 15 is 0 Å². The molecular weight excluding hydrogens is 472 g/mol. The summed E-state index contributed by atoms with van der Waals surface area (Å²) in [5, 5.41) is 6.35. The van der Waals surface area contributed by atoms with Crippen LogP contribution in [-0.2, 0) is 23.1 Å². The molecule has 1 fully saturated rings. The molecule has 1 aliphatic heterocycles. The molecule has 0 aliphatic carbocycles. The lowest BCUT2D eigenvalue weighted by Gasteiger charge is -2.31. The number of hydrogen-bond acceptors (Lipinski definition) is 7. The molecule has 2 N–H and O–H groups in total. The van der Waals surface area contributed by atoms with Crippen molar-refractivity contribution in [2.45, 2.75) is 36.2 Å². The summed E-state index contributed by atoms with van der Waals surface area (Å²) in [7, 11) is -2.00. The quantitative estimate of drug-likeness (QED) is 0.469. The molecule has 1 amide bonds. The molecule has 8 nitrogen and oxygen atoms in total. The zero-order valence-electron chi connectivity index (χ0n) is 18.9. The highest BCUT2D eigenvalue weighted by atomic mass is 32.2. The van der Waals surface area contributed by atoms with E-state index < -0.39 is 10.0 Å². The van der Waals surface area contributed by atoms with Crippen LogP contribution in [-0.4, -0.2) is 49.9 Å². The first-order valence-corrected chi connectivity index (χ1v) is 13.3. The van der Waals surface area contributed by atoms with Crippen molar-refractivity contribution < 1.29 is 17.9 Å². The van der Waals surface area contributed by atoms with Crippen molar-refractivity contribution in [1.82, 2.24) is 19.9 Å². The molecule has 0 atom stereocenters. The maximum atomic E-state index is 13.1. The third-order valence-electron chi connectivity index (χ3n) is 5.78. The highest BCUT2D eigenvalue weighted by Gasteiger charge is 2.30. The van der Waals surface area contributed by atoms with Gasteiger partial charge in [-0.05, 0) is 60.9 Å². The monoisotopic (exact) mass is 500 g/mol. The minimum Gasteiger partial charge on any atom is -0.497 e. The van der Waals surface area contributed by atoms with Crippen molar-refractivity contribution in [3.63, 3.8) is 0 Å². The van der Waals surface area contributed by atoms with Crippen LogP contribution in [0.3, 0.4) is 0 Å². The summed E-state index contributed by atoms with van der Waals surface area (Å²) in [5.74, 6) is 0.367. The Hall–Kier alpha value is -2.79. The molecule has 2 aromatic heterocycles. The van der Waals surface area contributed by atoms with Gasteiger partial charge < -0.3 is 15.4 Å². The van der Waals surface area contributed by atoms with Crippen molar-refractivity contribution >= 4 is 27.3 Å². The van der Waals surface area contributed by atoms with Gasteiger partial charge in [0.25, 0.3) is 15.9 Å². The Balaban J connectivity index is 1.29. The van der Waals surface area contributed by atoms with Crippen LogP contribution < -0.4 is 15.4 Å². The van der Waals surface area contributed by atoms with Gasteiger partial charge in [-0.2, -0.15) is 4.31 Å². The Bertz CT molecular complexity index is 1210. The number of piperidine rings is 1. The van der Waals surface area contributed by atoms with E-state index in [1.54, 1.807) is 60.2 Å². The summed E-state index contributed by atoms with van der Waals surface area (Å²) in [6.07, 6.45) is 5.07. The summed E-state index contributed by atoms with van der Waals surface area (Å²) >= 11 is 1.20. The van der Waals surface area contributed by atoms with Gasteiger partial charge in [-0.3, -0.25) is 9.78 Å². The fourth-order valence-electron chi connectivity index (χ4n) is 3.82. The fraction of sp³-hybridized carbons (Fsp3) is 0.333. The standard InChI is InChI=1S/C24H28N4O4S2/c1-32-21-4-2-3-19(15-21)24(29)27-17-22-5-6-23(33-22)34(30,31)28-13-9-20(10-14-28)26-16-18-7-11-25-12-8-18/h2-8,11-12,15,20,26H,9-10,13-14,16-17H2,1H3,(H,27,29). The Morgan fingerprint density at radius 2 is 1.88 bits per heavy atom. The number of thiophene rings is 1. The van der Waals surface area contributed by atoms with Gasteiger partial charge in [0.2, 0.25) is 0 Å². The number of hydrogen-bond donors (Lipinski definition) is 2. The van der Waals surface area contributed by atoms with Crippen LogP contribution in [0.15, 0.2) is 65.1 Å². The minimum atomic E-state index is -3.54. The molecule has 0 saturated carbocycles. The van der Waals surface area contributed by atoms with E-state index in [0.717, 1.165) is 29.8 Å². The zero-order valence-corrected chi connectivity index (χ0v) is 20.6. The fourth-order valence-corrected chi connectivity index (χ4v) is 6.74. The Labute approximate surface area is 204 Å². The molecule has 180 valence electrons. The van der Waals surface area contributed by atoms with Crippen molar-refractivity contribution in [2.24, 2.45) is 0 Å². The molecule has 0 radical (unpaired) electrons. The molecule has 1 aromatic carbocycles. The number of pyridine rings is 1. The molecule has 3 heterocycles. The maximum absolute atomic E-state index is 13.1. The van der Waals surface area contributed by atoms with Gasteiger partial charge in [-0.15, -0.1) is 11.3 Å². The second-order valence-electron chi connectivity index (χ2n) is 8.05. The lowest BCUT2D eigenvalue weighted by Crippen LogP contribution is -2.44. The second-order valence-corrected chi connectivity index (χ2v) is 11.4. The predicted octanol–water partition coefficient (Wildman–Crippen LogP) is 3.02. The average molecular weight is 501 g/mol. The van der Waals surface area contributed by atoms with E-state index in [0.29, 0.717) is 28.6 Å². The molecule has 0 unspecified atom stereocenters. The number of aromatic nitrogens is 1. The van der Waals surface area contributed by atoms with Gasteiger partial charge in [0.15, 0.2) is 0 Å². The minimum absolute atomic E-state index is 0.238. The number of ether oxygens (including phenoxy) is 1. The van der Waals surface area contributed by atoms with E-state index in [-0.39, 0.29) is 18.5 Å². The van der Waals surface area contributed by atoms with Crippen molar-refractivity contribution in [3.8, 4) is 5.75 Å². The van der Waals surface area contributed by atoms with Crippen molar-refractivity contribution in [3.05, 3.63) is 76.9 Å². The lowest BCUT2D eigenvalue weighted by molar-refractivity contribution is 0.0951. The first kappa shape index (κ1) is 24.3. The van der Waals surface area contributed by atoms with Gasteiger partial charge in [-0.25, -0.2) is 8.42 Å². The summed E-state index contributed by atoms with van der Waals surface area (Å²) in [6, 6.07) is 14.5. The number of rotatable bonds is 9. The molecule has 3 aromatic rings. The molecule has 0 spiro atoms. The topological polar surface area (TPSA) is 101 Å². The number of carbonyl (C=O) groups is 1. The van der Waals surface area contributed by atoms with E-state index in [1.807, 2.05) is 12.1 Å². The number of carbonyl (C=O) groups excluding carboxylic acids is 1. The highest BCUT2D eigenvalue weighted by Crippen LogP contribution is 2.27. The van der Waals surface area contributed by atoms with Crippen LogP contribution in [0.1, 0.15) is 33.6 Å². The van der Waals surface area contributed by atoms with Gasteiger partial charge in [0.1, 0.15) is 9.96 Å². The van der Waals surface area contributed by atoms with Crippen LogP contribution in [0.5, 0.6) is 5.75 Å². The summed E-state index contributed by atoms with van der Waals surface area (Å²) < 4.78 is 33.3. The van der Waals surface area contributed by atoms with Crippen LogP contribution in [0.2, 0.25) is 0 Å². The highest BCUT2D eigenvalue weighted by molar-refractivity contribution is 7.91. The third kappa shape index (κ3) is 6.01. The van der Waals surface area contributed by atoms with E-state index in [1.165, 1.54) is 11.3 Å². The van der Waals surface area contributed by atoms with E-state index in [2.05, 4.69) is 15.6 Å². The molecule has 1 saturated heterocycles. The number of methoxy groups -OCH3 is 1. The summed E-state index contributed by atoms with van der Waals surface area (Å²) in [5.41, 5.74) is 1.65. The number of nitrogens with one attached hydrogen (secondary N) is 2. The van der Waals surface area contributed by atoms with Gasteiger partial charge in [-0.1, -0.05) is 6.07 Å². The predicted molar refractivity (Wildman–Crippen MR) is 131 cm³/mol. The molecule has 4 rings (SSSR count). The Morgan fingerprint density at radius 1 is 1.12 bits per heavy atom. The van der Waals surface area contributed by atoms with Crippen LogP contribution in [0, 0.1) is 0 Å². The Morgan fingerprint density at radius 3 is 2.62 bits per heavy atom. The molecule has 34 heavy (non-hydrogen) atoms. The average Bonchev–Trinajstić information content (AvgIpc) is 3.37. The van der Waals surface area contributed by atoms with Crippen LogP contribution in [0.25, 0.3) is 0 Å². The number of benzene rings is 1. The number of amides is 1. The van der Waals surface area contributed by atoms with Gasteiger partial charge >= 0.3 is 0 Å². The first-order chi connectivity index (χ1) is 16.5. The normalized spacial score (nSPS) is 15.2. The summed E-state index contributed by atoms with van der Waals surface area (Å²) in [4.78, 5) is 17.2. The Kier molecular flexibility index (Phi) is 7.94. The summed E-state index contributed by atoms with van der Waals surface area (Å²) in [6.45, 7) is 1.97. The second kappa shape index (κ2) is 11.1.